The number of benzene rings is 3. The van der Waals surface area contributed by atoms with Crippen molar-refractivity contribution in [2.24, 2.45) is 0 Å². The highest BCUT2D eigenvalue weighted by Crippen LogP contribution is 2.15. The lowest BCUT2D eigenvalue weighted by atomic mass is 10.1. The van der Waals surface area contributed by atoms with Crippen molar-refractivity contribution < 1.29 is 23.8 Å². The molecule has 0 aliphatic heterocycles. The molecule has 0 radical (unpaired) electrons. The molecule has 158 valence electrons. The highest BCUT2D eigenvalue weighted by Gasteiger charge is 2.37. The van der Waals surface area contributed by atoms with E-state index in [0.717, 1.165) is 0 Å². The van der Waals surface area contributed by atoms with E-state index in [0.29, 0.717) is 21.4 Å². The van der Waals surface area contributed by atoms with Gasteiger partial charge in [0.15, 0.2) is 19.4 Å². The van der Waals surface area contributed by atoms with E-state index >= 15 is 0 Å². The van der Waals surface area contributed by atoms with E-state index in [1.807, 2.05) is 18.2 Å². The third kappa shape index (κ3) is 6.02. The molecule has 0 aliphatic carbocycles. The molecule has 0 N–H and O–H groups in total. The summed E-state index contributed by atoms with van der Waals surface area (Å²) in [6.07, 6.45) is 1.38. The minimum absolute atomic E-state index is 0.268. The zero-order chi connectivity index (χ0) is 22.1. The molecule has 0 amide bonds. The van der Waals surface area contributed by atoms with Gasteiger partial charge in [0.1, 0.15) is 0 Å². The molecule has 0 saturated heterocycles. The predicted molar refractivity (Wildman–Crippen MR) is 117 cm³/mol. The Kier molecular flexibility index (Phi) is 7.17. The lowest BCUT2D eigenvalue weighted by Gasteiger charge is -2.27. The zero-order valence-corrected chi connectivity index (χ0v) is 17.1. The van der Waals surface area contributed by atoms with Gasteiger partial charge in [-0.1, -0.05) is 54.6 Å². The highest BCUT2D eigenvalue weighted by molar-refractivity contribution is 5.90. The van der Waals surface area contributed by atoms with E-state index in [9.17, 15) is 14.8 Å². The standard InChI is InChI=1S/C25H23NO5/c1-25(26(29)17-20-11-5-2-6-12-20,18-30-23(27)21-13-7-3-8-14-21)19-31-24(28)22-15-9-4-10-16-22/h2-17H,18-19H2,1H3/b26-17-. The van der Waals surface area contributed by atoms with E-state index in [2.05, 4.69) is 0 Å². The summed E-state index contributed by atoms with van der Waals surface area (Å²) in [6.45, 7) is 1.04. The van der Waals surface area contributed by atoms with Crippen molar-refractivity contribution in [3.8, 4) is 0 Å². The van der Waals surface area contributed by atoms with Crippen LogP contribution in [0, 0.1) is 5.21 Å². The summed E-state index contributed by atoms with van der Waals surface area (Å²) in [5.41, 5.74) is 0.0868. The van der Waals surface area contributed by atoms with Crippen molar-refractivity contribution in [1.82, 2.24) is 0 Å². The van der Waals surface area contributed by atoms with E-state index in [1.54, 1.807) is 79.7 Å². The van der Waals surface area contributed by atoms with Crippen LogP contribution < -0.4 is 0 Å². The number of nitrogens with zero attached hydrogens (tertiary/aromatic N) is 1. The summed E-state index contributed by atoms with van der Waals surface area (Å²) in [7, 11) is 0. The minimum Gasteiger partial charge on any atom is -0.623 e. The Hall–Kier alpha value is -3.93. The second-order valence-electron chi connectivity index (χ2n) is 7.25. The molecular weight excluding hydrogens is 394 g/mol. The van der Waals surface area contributed by atoms with Gasteiger partial charge in [-0.3, -0.25) is 0 Å². The topological polar surface area (TPSA) is 78.7 Å². The summed E-state index contributed by atoms with van der Waals surface area (Å²) >= 11 is 0. The maximum atomic E-state index is 13.0. The molecule has 31 heavy (non-hydrogen) atoms. The molecule has 3 aromatic carbocycles. The van der Waals surface area contributed by atoms with Crippen LogP contribution in [0.15, 0.2) is 91.0 Å². The zero-order valence-electron chi connectivity index (χ0n) is 17.1. The van der Waals surface area contributed by atoms with Gasteiger partial charge in [0, 0.05) is 12.5 Å². The highest BCUT2D eigenvalue weighted by atomic mass is 16.6. The fourth-order valence-corrected chi connectivity index (χ4v) is 2.76. The van der Waals surface area contributed by atoms with Gasteiger partial charge >= 0.3 is 11.9 Å². The van der Waals surface area contributed by atoms with Crippen LogP contribution in [0.3, 0.4) is 0 Å². The first-order valence-electron chi connectivity index (χ1n) is 9.79. The summed E-state index contributed by atoms with van der Waals surface area (Å²) < 4.78 is 11.5. The van der Waals surface area contributed by atoms with Gasteiger partial charge in [0.2, 0.25) is 5.54 Å². The molecule has 0 bridgehead atoms. The lowest BCUT2D eigenvalue weighted by molar-refractivity contribution is -0.547. The van der Waals surface area contributed by atoms with Crippen LogP contribution in [0.1, 0.15) is 33.2 Å². The average molecular weight is 417 g/mol. The normalized spacial score (nSPS) is 11.6. The SMILES string of the molecule is CC(COC(=O)c1ccccc1)(COC(=O)c1ccccc1)/[N+]([O-])=C/c1ccccc1. The Bertz CT molecular complexity index is 978. The molecule has 0 atom stereocenters. The molecule has 3 aromatic rings. The third-order valence-corrected chi connectivity index (χ3v) is 4.65. The first kappa shape index (κ1) is 21.8. The van der Waals surface area contributed by atoms with E-state index in [-0.39, 0.29) is 13.2 Å². The Labute approximate surface area is 181 Å². The number of carbonyl (C=O) groups is 2. The first-order chi connectivity index (χ1) is 15.0. The second kappa shape index (κ2) is 10.2. The number of hydrogen-bond donors (Lipinski definition) is 0. The van der Waals surface area contributed by atoms with Crippen LogP contribution in [0.2, 0.25) is 0 Å². The molecule has 3 rings (SSSR count). The van der Waals surface area contributed by atoms with Gasteiger partial charge in [0.25, 0.3) is 0 Å². The molecule has 0 unspecified atom stereocenters. The third-order valence-electron chi connectivity index (χ3n) is 4.65. The number of rotatable bonds is 8. The Morgan fingerprint density at radius 2 is 1.16 bits per heavy atom. The van der Waals surface area contributed by atoms with Crippen molar-refractivity contribution in [2.45, 2.75) is 12.5 Å². The van der Waals surface area contributed by atoms with Crippen LogP contribution in [0.5, 0.6) is 0 Å². The molecule has 0 aliphatic rings. The molecule has 0 aromatic heterocycles. The monoisotopic (exact) mass is 417 g/mol. The van der Waals surface area contributed by atoms with E-state index in [4.69, 9.17) is 9.47 Å². The van der Waals surface area contributed by atoms with E-state index in [1.165, 1.54) is 6.21 Å². The summed E-state index contributed by atoms with van der Waals surface area (Å²) in [6, 6.07) is 26.0. The van der Waals surface area contributed by atoms with Crippen molar-refractivity contribution in [3.05, 3.63) is 113 Å². The fourth-order valence-electron chi connectivity index (χ4n) is 2.76. The van der Waals surface area contributed by atoms with Crippen LogP contribution in [-0.4, -0.2) is 41.6 Å². The first-order valence-corrected chi connectivity index (χ1v) is 9.79. The van der Waals surface area contributed by atoms with Crippen LogP contribution in [0.4, 0.5) is 0 Å². The Balaban J connectivity index is 1.77. The van der Waals surface area contributed by atoms with Crippen LogP contribution in [-0.2, 0) is 9.47 Å². The maximum Gasteiger partial charge on any atom is 0.338 e. The molecule has 0 fully saturated rings. The lowest BCUT2D eigenvalue weighted by Crippen LogP contribution is -2.47. The van der Waals surface area contributed by atoms with Gasteiger partial charge in [-0.15, -0.1) is 0 Å². The molecular formula is C25H23NO5. The largest absolute Gasteiger partial charge is 0.623 e. The number of hydroxylamine groups is 1. The van der Waals surface area contributed by atoms with Gasteiger partial charge in [-0.05, 0) is 36.4 Å². The summed E-state index contributed by atoms with van der Waals surface area (Å²) in [4.78, 5) is 24.7. The molecule has 6 heteroatoms. The van der Waals surface area contributed by atoms with Gasteiger partial charge < -0.3 is 14.7 Å². The Morgan fingerprint density at radius 1 is 0.774 bits per heavy atom. The summed E-state index contributed by atoms with van der Waals surface area (Å²) in [5, 5.41) is 13.0. The van der Waals surface area contributed by atoms with Crippen molar-refractivity contribution in [3.63, 3.8) is 0 Å². The maximum absolute atomic E-state index is 13.0. The minimum atomic E-state index is -1.33. The van der Waals surface area contributed by atoms with Crippen molar-refractivity contribution in [1.29, 1.82) is 0 Å². The van der Waals surface area contributed by atoms with Gasteiger partial charge in [0.05, 0.1) is 11.1 Å². The van der Waals surface area contributed by atoms with Crippen LogP contribution in [0.25, 0.3) is 0 Å². The molecule has 6 nitrogen and oxygen atoms in total. The summed E-state index contributed by atoms with van der Waals surface area (Å²) in [5.74, 6) is -1.12. The molecule has 0 heterocycles. The number of hydrogen-bond acceptors (Lipinski definition) is 5. The van der Waals surface area contributed by atoms with E-state index < -0.39 is 17.5 Å². The van der Waals surface area contributed by atoms with Crippen LogP contribution >= 0.6 is 0 Å². The number of esters is 2. The second-order valence-corrected chi connectivity index (χ2v) is 7.25. The van der Waals surface area contributed by atoms with Gasteiger partial charge in [-0.25, -0.2) is 9.59 Å². The van der Waals surface area contributed by atoms with Gasteiger partial charge in [-0.2, -0.15) is 4.74 Å². The molecule has 0 spiro atoms. The average Bonchev–Trinajstić information content (AvgIpc) is 2.82. The smallest absolute Gasteiger partial charge is 0.338 e. The van der Waals surface area contributed by atoms with Crippen molar-refractivity contribution >= 4 is 18.2 Å². The predicted octanol–water partition coefficient (Wildman–Crippen LogP) is 4.09. The molecule has 0 saturated carbocycles. The number of ether oxygens (including phenoxy) is 2. The Morgan fingerprint density at radius 3 is 1.58 bits per heavy atom. The quantitative estimate of drug-likeness (QED) is 0.181. The fraction of sp³-hybridized carbons (Fsp3) is 0.160. The van der Waals surface area contributed by atoms with Crippen molar-refractivity contribution in [2.75, 3.05) is 13.2 Å². The number of carbonyl (C=O) groups excluding carboxylic acids is 2.